The lowest BCUT2D eigenvalue weighted by molar-refractivity contribution is -0.144. The van der Waals surface area contributed by atoms with Crippen molar-refractivity contribution in [2.45, 2.75) is 25.9 Å². The highest BCUT2D eigenvalue weighted by molar-refractivity contribution is 7.99. The quantitative estimate of drug-likeness (QED) is 0.725. The second-order valence-electron chi connectivity index (χ2n) is 4.52. The Balaban J connectivity index is 2.71. The molecule has 1 heterocycles. The molecule has 108 valence electrons. The van der Waals surface area contributed by atoms with Crippen LogP contribution in [0.25, 0.3) is 0 Å². The van der Waals surface area contributed by atoms with Crippen LogP contribution in [0.1, 0.15) is 13.8 Å². The molecule has 0 aromatic carbocycles. The fourth-order valence-electron chi connectivity index (χ4n) is 1.69. The van der Waals surface area contributed by atoms with Gasteiger partial charge in [-0.2, -0.15) is 0 Å². The smallest absolute Gasteiger partial charge is 0.328 e. The van der Waals surface area contributed by atoms with Crippen molar-refractivity contribution >= 4 is 29.7 Å². The van der Waals surface area contributed by atoms with Crippen LogP contribution in [0.4, 0.5) is 4.79 Å². The minimum atomic E-state index is -1.04. The third-order valence-electron chi connectivity index (χ3n) is 2.83. The van der Waals surface area contributed by atoms with Crippen LogP contribution in [0, 0.1) is 5.92 Å². The number of carbonyl (C=O) groups is 3. The van der Waals surface area contributed by atoms with Crippen LogP contribution < -0.4 is 5.32 Å². The number of urea groups is 1. The lowest BCUT2D eigenvalue weighted by Crippen LogP contribution is -2.53. The Morgan fingerprint density at radius 3 is 2.53 bits per heavy atom. The van der Waals surface area contributed by atoms with Gasteiger partial charge in [-0.05, 0) is 5.92 Å². The number of thioether (sulfide) groups is 1. The summed E-state index contributed by atoms with van der Waals surface area (Å²) in [6.07, 6.45) is 0. The first-order valence-electron chi connectivity index (χ1n) is 5.84. The molecule has 2 atom stereocenters. The third-order valence-corrected chi connectivity index (χ3v) is 3.84. The Hall–Kier alpha value is -1.44. The zero-order valence-electron chi connectivity index (χ0n) is 11.1. The molecule has 1 rings (SSSR count). The monoisotopic (exact) mass is 290 g/mol. The highest BCUT2D eigenvalue weighted by Gasteiger charge is 2.36. The molecule has 8 heteroatoms. The van der Waals surface area contributed by atoms with Crippen LogP contribution in [0.3, 0.4) is 0 Å². The number of esters is 1. The van der Waals surface area contributed by atoms with Crippen LogP contribution in [0.15, 0.2) is 0 Å². The van der Waals surface area contributed by atoms with Gasteiger partial charge in [0.1, 0.15) is 12.1 Å². The van der Waals surface area contributed by atoms with E-state index < -0.39 is 30.1 Å². The van der Waals surface area contributed by atoms with Crippen molar-refractivity contribution in [3.8, 4) is 0 Å². The predicted molar refractivity (Wildman–Crippen MR) is 69.8 cm³/mol. The van der Waals surface area contributed by atoms with E-state index in [9.17, 15) is 14.4 Å². The normalized spacial score (nSPS) is 20.2. The van der Waals surface area contributed by atoms with Gasteiger partial charge in [0.15, 0.2) is 0 Å². The molecule has 2 N–H and O–H groups in total. The lowest BCUT2D eigenvalue weighted by atomic mass is 10.1. The molecule has 1 aliphatic heterocycles. The molecule has 1 saturated heterocycles. The van der Waals surface area contributed by atoms with Gasteiger partial charge >= 0.3 is 18.0 Å². The minimum Gasteiger partial charge on any atom is -0.480 e. The molecule has 1 fully saturated rings. The standard InChI is InChI=1S/C11H18N2O5S/c1-6(2)8(10(16)18-3)12-11(17)13-5-19-4-7(13)9(14)15/h6-8H,4-5H2,1-3H3,(H,12,17)(H,14,15)/t7-,8?/m0/s1. The van der Waals surface area contributed by atoms with Gasteiger partial charge in [0.2, 0.25) is 0 Å². The third kappa shape index (κ3) is 3.76. The largest absolute Gasteiger partial charge is 0.480 e. The maximum atomic E-state index is 12.0. The average Bonchev–Trinajstić information content (AvgIpc) is 2.83. The number of carboxylic acids is 1. The second-order valence-corrected chi connectivity index (χ2v) is 5.52. The second kappa shape index (κ2) is 6.65. The lowest BCUT2D eigenvalue weighted by Gasteiger charge is -2.25. The first kappa shape index (κ1) is 15.6. The molecule has 19 heavy (non-hydrogen) atoms. The van der Waals surface area contributed by atoms with Crippen LogP contribution >= 0.6 is 11.8 Å². The zero-order chi connectivity index (χ0) is 14.6. The van der Waals surface area contributed by atoms with E-state index in [1.807, 2.05) is 0 Å². The van der Waals surface area contributed by atoms with Crippen LogP contribution in [-0.2, 0) is 14.3 Å². The van der Waals surface area contributed by atoms with E-state index in [-0.39, 0.29) is 5.92 Å². The van der Waals surface area contributed by atoms with Crippen molar-refractivity contribution < 1.29 is 24.2 Å². The Morgan fingerprint density at radius 2 is 2.05 bits per heavy atom. The van der Waals surface area contributed by atoms with E-state index in [1.165, 1.54) is 23.8 Å². The summed E-state index contributed by atoms with van der Waals surface area (Å²) in [4.78, 5) is 35.8. The number of carbonyl (C=O) groups excluding carboxylic acids is 2. The van der Waals surface area contributed by atoms with E-state index in [4.69, 9.17) is 5.11 Å². The summed E-state index contributed by atoms with van der Waals surface area (Å²) in [6, 6.07) is -2.19. The van der Waals surface area contributed by atoms with Crippen molar-refractivity contribution in [3.63, 3.8) is 0 Å². The number of hydrogen-bond acceptors (Lipinski definition) is 5. The Labute approximate surface area is 115 Å². The number of rotatable bonds is 4. The number of ether oxygens (including phenoxy) is 1. The highest BCUT2D eigenvalue weighted by atomic mass is 32.2. The molecule has 0 saturated carbocycles. The number of hydrogen-bond donors (Lipinski definition) is 2. The molecule has 0 bridgehead atoms. The van der Waals surface area contributed by atoms with Gasteiger partial charge in [-0.15, -0.1) is 11.8 Å². The molecule has 0 aromatic rings. The van der Waals surface area contributed by atoms with Crippen molar-refractivity contribution in [3.05, 3.63) is 0 Å². The van der Waals surface area contributed by atoms with Crippen molar-refractivity contribution in [1.29, 1.82) is 0 Å². The summed E-state index contributed by atoms with van der Waals surface area (Å²) in [5.41, 5.74) is 0. The Bertz CT molecular complexity index is 374. The summed E-state index contributed by atoms with van der Waals surface area (Å²) in [6.45, 7) is 3.55. The van der Waals surface area contributed by atoms with Crippen molar-refractivity contribution in [2.75, 3.05) is 18.7 Å². The SMILES string of the molecule is COC(=O)C(NC(=O)N1CSC[C@H]1C(=O)O)C(C)C. The van der Waals surface area contributed by atoms with Gasteiger partial charge in [0.25, 0.3) is 0 Å². The molecule has 7 nitrogen and oxygen atoms in total. The van der Waals surface area contributed by atoms with Crippen LogP contribution in [0.5, 0.6) is 0 Å². The van der Waals surface area contributed by atoms with E-state index in [2.05, 4.69) is 10.1 Å². The fraction of sp³-hybridized carbons (Fsp3) is 0.727. The Morgan fingerprint density at radius 1 is 1.42 bits per heavy atom. The molecule has 0 spiro atoms. The summed E-state index contributed by atoms with van der Waals surface area (Å²) < 4.78 is 4.62. The van der Waals surface area contributed by atoms with E-state index >= 15 is 0 Å². The molecular weight excluding hydrogens is 272 g/mol. The highest BCUT2D eigenvalue weighted by Crippen LogP contribution is 2.21. The molecule has 0 aromatic heterocycles. The average molecular weight is 290 g/mol. The van der Waals surface area contributed by atoms with E-state index in [0.717, 1.165) is 0 Å². The van der Waals surface area contributed by atoms with Crippen molar-refractivity contribution in [1.82, 2.24) is 10.2 Å². The molecule has 0 radical (unpaired) electrons. The fourth-order valence-corrected chi connectivity index (χ4v) is 2.83. The number of carboxylic acid groups (broad SMARTS) is 1. The van der Waals surface area contributed by atoms with Gasteiger partial charge in [0, 0.05) is 5.75 Å². The number of nitrogens with one attached hydrogen (secondary N) is 1. The number of aliphatic carboxylic acids is 1. The molecular formula is C11H18N2O5S. The van der Waals surface area contributed by atoms with Crippen LogP contribution in [-0.4, -0.2) is 58.8 Å². The van der Waals surface area contributed by atoms with Crippen LogP contribution in [0.2, 0.25) is 0 Å². The molecule has 1 aliphatic rings. The summed E-state index contributed by atoms with van der Waals surface area (Å²) >= 11 is 1.36. The van der Waals surface area contributed by atoms with Gasteiger partial charge in [-0.1, -0.05) is 13.8 Å². The zero-order valence-corrected chi connectivity index (χ0v) is 11.9. The summed E-state index contributed by atoms with van der Waals surface area (Å²) in [5, 5.41) is 11.5. The van der Waals surface area contributed by atoms with Crippen molar-refractivity contribution in [2.24, 2.45) is 5.92 Å². The minimum absolute atomic E-state index is 0.144. The maximum Gasteiger partial charge on any atom is 0.328 e. The topological polar surface area (TPSA) is 95.9 Å². The Kier molecular flexibility index (Phi) is 5.46. The van der Waals surface area contributed by atoms with Gasteiger partial charge in [0.05, 0.1) is 13.0 Å². The van der Waals surface area contributed by atoms with E-state index in [0.29, 0.717) is 11.6 Å². The first-order valence-corrected chi connectivity index (χ1v) is 6.99. The molecule has 2 amide bonds. The number of methoxy groups -OCH3 is 1. The van der Waals surface area contributed by atoms with Gasteiger partial charge in [-0.3, -0.25) is 0 Å². The number of nitrogens with zero attached hydrogens (tertiary/aromatic N) is 1. The molecule has 0 aliphatic carbocycles. The number of amides is 2. The van der Waals surface area contributed by atoms with Gasteiger partial charge < -0.3 is 20.1 Å². The predicted octanol–water partition coefficient (Wildman–Crippen LogP) is 0.353. The van der Waals surface area contributed by atoms with E-state index in [1.54, 1.807) is 13.8 Å². The summed E-state index contributed by atoms with van der Waals surface area (Å²) in [7, 11) is 1.25. The maximum absolute atomic E-state index is 12.0. The summed E-state index contributed by atoms with van der Waals surface area (Å²) in [5.74, 6) is -1.07. The first-order chi connectivity index (χ1) is 8.88. The van der Waals surface area contributed by atoms with Gasteiger partial charge in [-0.25, -0.2) is 14.4 Å². The molecule has 1 unspecified atom stereocenters.